The number of rotatable bonds is 10. The van der Waals surface area contributed by atoms with Gasteiger partial charge >= 0.3 is 0 Å². The monoisotopic (exact) mass is 755 g/mol. The van der Waals surface area contributed by atoms with Crippen molar-refractivity contribution >= 4 is 45.7 Å². The Kier molecular flexibility index (Phi) is 9.28. The number of benzene rings is 6. The molecule has 0 saturated carbocycles. The molecule has 1 N–H and O–H groups in total. The lowest BCUT2D eigenvalue weighted by Gasteiger charge is -2.38. The Labute approximate surface area is 327 Å². The van der Waals surface area contributed by atoms with Crippen LogP contribution in [-0.2, 0) is 11.0 Å². The molecular formula is C47H43Cl2NO4. The van der Waals surface area contributed by atoms with Gasteiger partial charge in [-0.1, -0.05) is 92.9 Å². The van der Waals surface area contributed by atoms with Crippen molar-refractivity contribution < 1.29 is 18.9 Å². The first-order valence-electron chi connectivity index (χ1n) is 18.4. The van der Waals surface area contributed by atoms with Gasteiger partial charge < -0.3 is 24.3 Å². The topological polar surface area (TPSA) is 49.0 Å². The number of hydrogen-bond donors (Lipinski definition) is 1. The SMILES string of the molecule is CCCCOc1ccc(C2(c3ccc(OC)cc3)C=Cc3c4c(c5cc(Cl)cc(Cl)c5c3O2)-c2cc(-c3ccc(NC)cc3)c(OC)cc2C4(C)C)cc1. The zero-order valence-electron chi connectivity index (χ0n) is 31.4. The normalized spacial score (nSPS) is 16.3. The second-order valence-electron chi connectivity index (χ2n) is 14.5. The zero-order valence-corrected chi connectivity index (χ0v) is 32.9. The van der Waals surface area contributed by atoms with Crippen molar-refractivity contribution in [3.8, 4) is 45.3 Å². The fourth-order valence-corrected chi connectivity index (χ4v) is 8.79. The smallest absolute Gasteiger partial charge is 0.178 e. The summed E-state index contributed by atoms with van der Waals surface area (Å²) in [4.78, 5) is 0. The summed E-state index contributed by atoms with van der Waals surface area (Å²) in [5.41, 5.74) is 9.13. The second-order valence-corrected chi connectivity index (χ2v) is 15.3. The van der Waals surface area contributed by atoms with E-state index in [9.17, 15) is 0 Å². The number of halogens is 2. The van der Waals surface area contributed by atoms with Crippen molar-refractivity contribution in [2.24, 2.45) is 0 Å². The third-order valence-corrected chi connectivity index (χ3v) is 11.5. The van der Waals surface area contributed by atoms with Gasteiger partial charge in [-0.2, -0.15) is 0 Å². The third-order valence-electron chi connectivity index (χ3n) is 11.0. The fourth-order valence-electron chi connectivity index (χ4n) is 8.21. The molecule has 0 spiro atoms. The molecule has 8 rings (SSSR count). The first-order chi connectivity index (χ1) is 26.1. The lowest BCUT2D eigenvalue weighted by Crippen LogP contribution is -2.35. The van der Waals surface area contributed by atoms with E-state index in [2.05, 4.69) is 98.9 Å². The number of ether oxygens (including phenoxy) is 4. The lowest BCUT2D eigenvalue weighted by molar-refractivity contribution is 0.163. The highest BCUT2D eigenvalue weighted by molar-refractivity contribution is 6.40. The minimum atomic E-state index is -0.989. The molecule has 6 aromatic carbocycles. The summed E-state index contributed by atoms with van der Waals surface area (Å²) in [6, 6.07) is 33.0. The van der Waals surface area contributed by atoms with Gasteiger partial charge in [0.2, 0.25) is 0 Å². The lowest BCUT2D eigenvalue weighted by atomic mass is 9.76. The first-order valence-corrected chi connectivity index (χ1v) is 19.2. The molecule has 1 unspecified atom stereocenters. The predicted molar refractivity (Wildman–Crippen MR) is 223 cm³/mol. The molecule has 0 radical (unpaired) electrons. The summed E-state index contributed by atoms with van der Waals surface area (Å²) in [5, 5.41) is 6.06. The first kappa shape index (κ1) is 35.9. The third kappa shape index (κ3) is 5.77. The van der Waals surface area contributed by atoms with Crippen molar-refractivity contribution in [2.45, 2.75) is 44.6 Å². The Bertz CT molecular complexity index is 2420. The molecule has 0 amide bonds. The van der Waals surface area contributed by atoms with Crippen LogP contribution in [0.5, 0.6) is 23.0 Å². The molecule has 0 bridgehead atoms. The van der Waals surface area contributed by atoms with E-state index in [1.165, 1.54) is 0 Å². The van der Waals surface area contributed by atoms with Crippen LogP contribution < -0.4 is 24.3 Å². The molecule has 274 valence electrons. The largest absolute Gasteiger partial charge is 0.497 e. The maximum Gasteiger partial charge on any atom is 0.178 e. The van der Waals surface area contributed by atoms with Gasteiger partial charge in [-0.3, -0.25) is 0 Å². The summed E-state index contributed by atoms with van der Waals surface area (Å²) in [6.45, 7) is 7.38. The average Bonchev–Trinajstić information content (AvgIpc) is 3.43. The van der Waals surface area contributed by atoms with Crippen molar-refractivity contribution in [1.82, 2.24) is 0 Å². The van der Waals surface area contributed by atoms with Gasteiger partial charge in [0, 0.05) is 50.8 Å². The highest BCUT2D eigenvalue weighted by Crippen LogP contribution is 2.60. The number of unbranched alkanes of at least 4 members (excludes halogenated alkanes) is 1. The Balaban J connectivity index is 1.37. The minimum Gasteiger partial charge on any atom is -0.497 e. The predicted octanol–water partition coefficient (Wildman–Crippen LogP) is 12.7. The van der Waals surface area contributed by atoms with Crippen LogP contribution in [0.4, 0.5) is 5.69 Å². The van der Waals surface area contributed by atoms with Gasteiger partial charge in [0.05, 0.1) is 25.8 Å². The van der Waals surface area contributed by atoms with E-state index in [-0.39, 0.29) is 0 Å². The number of fused-ring (bicyclic) bond motifs is 8. The molecule has 0 saturated heterocycles. The van der Waals surface area contributed by atoms with Gasteiger partial charge in [0.25, 0.3) is 0 Å². The number of nitrogens with one attached hydrogen (secondary N) is 1. The van der Waals surface area contributed by atoms with E-state index in [1.54, 1.807) is 20.3 Å². The molecule has 0 fully saturated rings. The molecule has 2 aliphatic rings. The highest BCUT2D eigenvalue weighted by atomic mass is 35.5. The summed E-state index contributed by atoms with van der Waals surface area (Å²) in [5.74, 6) is 3.11. The van der Waals surface area contributed by atoms with E-state index in [0.717, 1.165) is 96.6 Å². The molecule has 1 heterocycles. The van der Waals surface area contributed by atoms with Crippen LogP contribution in [0.15, 0.2) is 103 Å². The van der Waals surface area contributed by atoms with Crippen LogP contribution in [0.1, 0.15) is 61.4 Å². The van der Waals surface area contributed by atoms with E-state index in [0.29, 0.717) is 22.4 Å². The van der Waals surface area contributed by atoms with Crippen LogP contribution in [-0.4, -0.2) is 27.9 Å². The van der Waals surface area contributed by atoms with Gasteiger partial charge in [0.15, 0.2) is 5.60 Å². The van der Waals surface area contributed by atoms with Gasteiger partial charge in [0.1, 0.15) is 23.0 Å². The van der Waals surface area contributed by atoms with Crippen LogP contribution in [0.25, 0.3) is 39.1 Å². The summed E-state index contributed by atoms with van der Waals surface area (Å²) in [7, 11) is 5.33. The minimum absolute atomic E-state index is 0.426. The second kappa shape index (κ2) is 14.0. The van der Waals surface area contributed by atoms with Gasteiger partial charge in [-0.05, 0) is 106 Å². The van der Waals surface area contributed by atoms with Crippen LogP contribution in [0.2, 0.25) is 10.0 Å². The molecule has 5 nitrogen and oxygen atoms in total. The fraction of sp³-hybridized carbons (Fsp3) is 0.234. The van der Waals surface area contributed by atoms with E-state index in [4.69, 9.17) is 42.1 Å². The molecule has 1 aliphatic heterocycles. The molecule has 7 heteroatoms. The van der Waals surface area contributed by atoms with E-state index >= 15 is 0 Å². The van der Waals surface area contributed by atoms with Crippen molar-refractivity contribution in [3.05, 3.63) is 141 Å². The van der Waals surface area contributed by atoms with Gasteiger partial charge in [-0.25, -0.2) is 0 Å². The number of anilines is 1. The standard InChI is InChI=1S/C47H43Cl2NO4/c1-7-8-23-53-34-19-13-30(14-20-34)47(29-11-17-33(51-5)18-12-29)22-21-35-44-42(38-24-31(48)25-40(49)43(38)45(35)54-47)37-26-36(28-9-15-32(50-4)16-10-28)41(52-6)27-39(37)46(44,2)3/h9-22,24-27,50H,7-8,23H2,1-6H3. The Morgan fingerprint density at radius 2 is 1.46 bits per heavy atom. The molecule has 6 aromatic rings. The number of methoxy groups -OCH3 is 2. The summed E-state index contributed by atoms with van der Waals surface area (Å²) < 4.78 is 25.2. The maximum absolute atomic E-state index is 7.49. The van der Waals surface area contributed by atoms with E-state index < -0.39 is 11.0 Å². The maximum atomic E-state index is 7.49. The van der Waals surface area contributed by atoms with Crippen molar-refractivity contribution in [2.75, 3.05) is 33.2 Å². The molecule has 1 atom stereocenters. The Hall–Kier alpha value is -5.10. The highest BCUT2D eigenvalue weighted by Gasteiger charge is 2.45. The van der Waals surface area contributed by atoms with Crippen LogP contribution in [0, 0.1) is 0 Å². The average molecular weight is 757 g/mol. The van der Waals surface area contributed by atoms with Gasteiger partial charge in [-0.15, -0.1) is 0 Å². The van der Waals surface area contributed by atoms with Crippen molar-refractivity contribution in [3.63, 3.8) is 0 Å². The molecule has 1 aliphatic carbocycles. The summed E-state index contributed by atoms with van der Waals surface area (Å²) >= 11 is 14.1. The Morgan fingerprint density at radius 3 is 2.09 bits per heavy atom. The molecule has 0 aromatic heterocycles. The van der Waals surface area contributed by atoms with Crippen LogP contribution >= 0.6 is 23.2 Å². The molecule has 54 heavy (non-hydrogen) atoms. The number of hydrogen-bond acceptors (Lipinski definition) is 5. The molecular weight excluding hydrogens is 713 g/mol. The Morgan fingerprint density at radius 1 is 0.778 bits per heavy atom. The quantitative estimate of drug-likeness (QED) is 0.141. The van der Waals surface area contributed by atoms with Crippen LogP contribution in [0.3, 0.4) is 0 Å². The van der Waals surface area contributed by atoms with Crippen molar-refractivity contribution in [1.29, 1.82) is 0 Å². The summed E-state index contributed by atoms with van der Waals surface area (Å²) in [6.07, 6.45) is 6.47. The zero-order chi connectivity index (χ0) is 37.8. The van der Waals surface area contributed by atoms with E-state index in [1.807, 2.05) is 37.4 Å².